The van der Waals surface area contributed by atoms with Gasteiger partial charge >= 0.3 is 0 Å². The number of hydrogen-bond donors (Lipinski definition) is 1. The highest BCUT2D eigenvalue weighted by Gasteiger charge is 2.19. The van der Waals surface area contributed by atoms with Gasteiger partial charge in [-0.2, -0.15) is 5.26 Å². The van der Waals surface area contributed by atoms with E-state index in [1.165, 1.54) is 19.5 Å². The van der Waals surface area contributed by atoms with E-state index in [2.05, 4.69) is 39.3 Å². The molecule has 1 aliphatic heterocycles. The molecule has 0 aromatic heterocycles. The molecule has 1 saturated heterocycles. The van der Waals surface area contributed by atoms with Gasteiger partial charge in [0, 0.05) is 23.2 Å². The van der Waals surface area contributed by atoms with E-state index in [0.29, 0.717) is 5.56 Å². The van der Waals surface area contributed by atoms with Crippen LogP contribution in [-0.2, 0) is 0 Å². The molecule has 1 aromatic carbocycles. The van der Waals surface area contributed by atoms with Gasteiger partial charge in [0.25, 0.3) is 0 Å². The van der Waals surface area contributed by atoms with E-state index in [4.69, 9.17) is 5.26 Å². The van der Waals surface area contributed by atoms with Crippen LogP contribution in [0.3, 0.4) is 0 Å². The minimum Gasteiger partial charge on any atom is -0.384 e. The molecule has 3 nitrogen and oxygen atoms in total. The predicted octanol–water partition coefficient (Wildman–Crippen LogP) is 2.68. The topological polar surface area (TPSA) is 39.1 Å². The Balaban J connectivity index is 1.93. The summed E-state index contributed by atoms with van der Waals surface area (Å²) in [5.41, 5.74) is 1.75. The highest BCUT2D eigenvalue weighted by atomic mass is 79.9. The van der Waals surface area contributed by atoms with Crippen molar-refractivity contribution in [3.05, 3.63) is 28.2 Å². The molecule has 0 aliphatic carbocycles. The highest BCUT2D eigenvalue weighted by Crippen LogP contribution is 2.24. The predicted molar refractivity (Wildman–Crippen MR) is 73.0 cm³/mol. The van der Waals surface area contributed by atoms with Crippen molar-refractivity contribution in [2.45, 2.75) is 6.42 Å². The summed E-state index contributed by atoms with van der Waals surface area (Å²) in [6.45, 7) is 3.36. The molecule has 1 heterocycles. The molecule has 0 radical (unpaired) electrons. The van der Waals surface area contributed by atoms with Crippen LogP contribution in [0.5, 0.6) is 0 Å². The Labute approximate surface area is 111 Å². The van der Waals surface area contributed by atoms with Crippen molar-refractivity contribution in [3.8, 4) is 6.07 Å². The normalized spacial score (nSPS) is 20.2. The number of benzene rings is 1. The van der Waals surface area contributed by atoms with Crippen LogP contribution < -0.4 is 5.32 Å². The summed E-state index contributed by atoms with van der Waals surface area (Å²) >= 11 is 3.49. The van der Waals surface area contributed by atoms with Gasteiger partial charge in [0.15, 0.2) is 0 Å². The van der Waals surface area contributed by atoms with Crippen LogP contribution in [0.25, 0.3) is 0 Å². The molecule has 0 saturated carbocycles. The first-order valence-corrected chi connectivity index (χ1v) is 6.60. The van der Waals surface area contributed by atoms with E-state index >= 15 is 0 Å². The molecule has 1 aromatic rings. The van der Waals surface area contributed by atoms with Crippen molar-refractivity contribution in [3.63, 3.8) is 0 Å². The molecule has 0 bridgehead atoms. The fourth-order valence-electron chi connectivity index (χ4n) is 2.18. The molecule has 1 aliphatic rings. The third-order valence-electron chi connectivity index (χ3n) is 3.17. The quantitative estimate of drug-likeness (QED) is 0.931. The fourth-order valence-corrected chi connectivity index (χ4v) is 2.69. The maximum atomic E-state index is 8.79. The van der Waals surface area contributed by atoms with Crippen LogP contribution in [-0.4, -0.2) is 31.6 Å². The van der Waals surface area contributed by atoms with Crippen LogP contribution in [0, 0.1) is 17.2 Å². The fraction of sp³-hybridized carbons (Fsp3) is 0.462. The second-order valence-electron chi connectivity index (χ2n) is 4.60. The summed E-state index contributed by atoms with van der Waals surface area (Å²) in [5.74, 6) is 0.725. The smallest absolute Gasteiger partial charge is 0.0992 e. The van der Waals surface area contributed by atoms with E-state index in [0.717, 1.165) is 22.6 Å². The molecule has 1 N–H and O–H groups in total. The van der Waals surface area contributed by atoms with Crippen molar-refractivity contribution in [1.29, 1.82) is 5.26 Å². The first kappa shape index (κ1) is 12.4. The molecule has 0 spiro atoms. The van der Waals surface area contributed by atoms with Gasteiger partial charge in [-0.1, -0.05) is 0 Å². The van der Waals surface area contributed by atoms with Gasteiger partial charge in [0.1, 0.15) is 0 Å². The summed E-state index contributed by atoms with van der Waals surface area (Å²) in [4.78, 5) is 2.36. The SMILES string of the molecule is CN1CCC(CNc2ccc(C#N)cc2Br)C1. The van der Waals surface area contributed by atoms with Gasteiger partial charge < -0.3 is 10.2 Å². The Hall–Kier alpha value is -1.05. The first-order valence-electron chi connectivity index (χ1n) is 5.81. The molecule has 2 rings (SSSR count). The van der Waals surface area contributed by atoms with Gasteiger partial charge in [-0.15, -0.1) is 0 Å². The molecule has 17 heavy (non-hydrogen) atoms. The lowest BCUT2D eigenvalue weighted by Gasteiger charge is -2.13. The highest BCUT2D eigenvalue weighted by molar-refractivity contribution is 9.10. The number of anilines is 1. The molecule has 4 heteroatoms. The van der Waals surface area contributed by atoms with Gasteiger partial charge in [-0.25, -0.2) is 0 Å². The third kappa shape index (κ3) is 3.21. The monoisotopic (exact) mass is 293 g/mol. The Morgan fingerprint density at radius 1 is 1.59 bits per heavy atom. The van der Waals surface area contributed by atoms with Crippen molar-refractivity contribution < 1.29 is 0 Å². The zero-order valence-corrected chi connectivity index (χ0v) is 11.5. The van der Waals surface area contributed by atoms with E-state index in [1.807, 2.05) is 18.2 Å². The molecule has 0 amide bonds. The standard InChI is InChI=1S/C13H16BrN3/c1-17-5-4-11(9-17)8-16-13-3-2-10(7-15)6-12(13)14/h2-3,6,11,16H,4-5,8-9H2,1H3. The Kier molecular flexibility index (Phi) is 4.03. The van der Waals surface area contributed by atoms with Crippen LogP contribution in [0.15, 0.2) is 22.7 Å². The van der Waals surface area contributed by atoms with Crippen molar-refractivity contribution in [1.82, 2.24) is 4.90 Å². The van der Waals surface area contributed by atoms with E-state index in [9.17, 15) is 0 Å². The number of likely N-dealkylation sites (tertiary alicyclic amines) is 1. The van der Waals surface area contributed by atoms with E-state index in [1.54, 1.807) is 0 Å². The summed E-state index contributed by atoms with van der Waals surface area (Å²) < 4.78 is 0.961. The maximum Gasteiger partial charge on any atom is 0.0992 e. The molecule has 1 fully saturated rings. The average Bonchev–Trinajstić information content (AvgIpc) is 2.73. The number of nitriles is 1. The Morgan fingerprint density at radius 2 is 2.41 bits per heavy atom. The number of hydrogen-bond acceptors (Lipinski definition) is 3. The van der Waals surface area contributed by atoms with Crippen molar-refractivity contribution in [2.75, 3.05) is 32.0 Å². The van der Waals surface area contributed by atoms with Gasteiger partial charge in [-0.05, 0) is 60.1 Å². The van der Waals surface area contributed by atoms with Gasteiger partial charge in [-0.3, -0.25) is 0 Å². The van der Waals surface area contributed by atoms with Crippen LogP contribution >= 0.6 is 15.9 Å². The second kappa shape index (κ2) is 5.52. The minimum atomic E-state index is 0.683. The second-order valence-corrected chi connectivity index (χ2v) is 5.46. The van der Waals surface area contributed by atoms with Crippen molar-refractivity contribution >= 4 is 21.6 Å². The summed E-state index contributed by atoms with van der Waals surface area (Å²) in [7, 11) is 2.16. The lowest BCUT2D eigenvalue weighted by Crippen LogP contribution is -2.19. The molecular weight excluding hydrogens is 278 g/mol. The lowest BCUT2D eigenvalue weighted by molar-refractivity contribution is 0.399. The van der Waals surface area contributed by atoms with Gasteiger partial charge in [0.2, 0.25) is 0 Å². The van der Waals surface area contributed by atoms with Crippen LogP contribution in [0.1, 0.15) is 12.0 Å². The zero-order chi connectivity index (χ0) is 12.3. The van der Waals surface area contributed by atoms with E-state index < -0.39 is 0 Å². The lowest BCUT2D eigenvalue weighted by atomic mass is 10.1. The first-order chi connectivity index (χ1) is 8.19. The number of nitrogens with zero attached hydrogens (tertiary/aromatic N) is 2. The Morgan fingerprint density at radius 3 is 3.00 bits per heavy atom. The molecular formula is C13H16BrN3. The summed E-state index contributed by atoms with van der Waals surface area (Å²) in [5, 5.41) is 12.2. The average molecular weight is 294 g/mol. The number of rotatable bonds is 3. The minimum absolute atomic E-state index is 0.683. The van der Waals surface area contributed by atoms with E-state index in [-0.39, 0.29) is 0 Å². The summed E-state index contributed by atoms with van der Waals surface area (Å²) in [6, 6.07) is 7.78. The van der Waals surface area contributed by atoms with Crippen molar-refractivity contribution in [2.24, 2.45) is 5.92 Å². The van der Waals surface area contributed by atoms with Gasteiger partial charge in [0.05, 0.1) is 11.6 Å². The Bertz CT molecular complexity index is 439. The largest absolute Gasteiger partial charge is 0.384 e. The molecule has 1 unspecified atom stereocenters. The number of halogens is 1. The maximum absolute atomic E-state index is 8.79. The molecule has 1 atom stereocenters. The molecule has 90 valence electrons. The zero-order valence-electron chi connectivity index (χ0n) is 9.91. The third-order valence-corrected chi connectivity index (χ3v) is 3.82. The summed E-state index contributed by atoms with van der Waals surface area (Å²) in [6.07, 6.45) is 1.26. The number of nitrogens with one attached hydrogen (secondary N) is 1. The van der Waals surface area contributed by atoms with Crippen LogP contribution in [0.2, 0.25) is 0 Å². The van der Waals surface area contributed by atoms with Crippen LogP contribution in [0.4, 0.5) is 5.69 Å².